The summed E-state index contributed by atoms with van der Waals surface area (Å²) in [6.45, 7) is 1.60. The summed E-state index contributed by atoms with van der Waals surface area (Å²) in [5.41, 5.74) is 1.80. The molecule has 0 radical (unpaired) electrons. The predicted octanol–water partition coefficient (Wildman–Crippen LogP) is 3.01. The van der Waals surface area contributed by atoms with E-state index in [4.69, 9.17) is 4.74 Å². The summed E-state index contributed by atoms with van der Waals surface area (Å²) in [5.74, 6) is 0. The number of carbonyl (C=O) groups is 1. The maximum Gasteiger partial charge on any atom is 0.166 e. The zero-order chi connectivity index (χ0) is 11.8. The number of fused-ring (bicyclic) bond motifs is 1. The highest BCUT2D eigenvalue weighted by molar-refractivity contribution is 9.10. The maximum atomic E-state index is 11.1. The average molecular weight is 294 g/mol. The first-order chi connectivity index (χ1) is 8.28. The topological polar surface area (TPSA) is 31.2 Å². The average Bonchev–Trinajstić information content (AvgIpc) is 2.61. The van der Waals surface area contributed by atoms with Crippen LogP contribution in [0.1, 0.15) is 16.9 Å². The highest BCUT2D eigenvalue weighted by Gasteiger charge is 2.20. The van der Waals surface area contributed by atoms with Crippen molar-refractivity contribution in [1.82, 2.24) is 4.57 Å². The van der Waals surface area contributed by atoms with Gasteiger partial charge in [0.05, 0.1) is 11.8 Å². The van der Waals surface area contributed by atoms with Crippen LogP contribution in [0.3, 0.4) is 0 Å². The minimum Gasteiger partial charge on any atom is -0.376 e. The Bertz CT molecular complexity index is 572. The van der Waals surface area contributed by atoms with E-state index in [2.05, 4.69) is 15.9 Å². The lowest BCUT2D eigenvalue weighted by Crippen LogP contribution is -2.31. The number of halogens is 1. The molecule has 3 nitrogen and oxygen atoms in total. The largest absolute Gasteiger partial charge is 0.376 e. The molecule has 1 atom stereocenters. The molecule has 0 amide bonds. The maximum absolute atomic E-state index is 11.1. The molecule has 1 aromatic carbocycles. The van der Waals surface area contributed by atoms with Crippen molar-refractivity contribution in [2.75, 3.05) is 6.61 Å². The van der Waals surface area contributed by atoms with E-state index >= 15 is 0 Å². The van der Waals surface area contributed by atoms with Gasteiger partial charge in [-0.25, -0.2) is 0 Å². The Morgan fingerprint density at radius 3 is 2.94 bits per heavy atom. The highest BCUT2D eigenvalue weighted by atomic mass is 79.9. The second-order valence-electron chi connectivity index (χ2n) is 4.28. The molecule has 0 N–H and O–H groups in total. The van der Waals surface area contributed by atoms with Crippen LogP contribution >= 0.6 is 15.9 Å². The van der Waals surface area contributed by atoms with E-state index in [-0.39, 0.29) is 6.10 Å². The van der Waals surface area contributed by atoms with E-state index in [1.807, 2.05) is 28.8 Å². The number of hydrogen-bond donors (Lipinski definition) is 0. The fourth-order valence-corrected chi connectivity index (χ4v) is 2.53. The molecule has 1 aromatic heterocycles. The number of ether oxygens (including phenoxy) is 1. The van der Waals surface area contributed by atoms with Gasteiger partial charge in [0.25, 0.3) is 0 Å². The molecule has 2 heterocycles. The van der Waals surface area contributed by atoms with Crippen LogP contribution in [-0.2, 0) is 11.3 Å². The van der Waals surface area contributed by atoms with Gasteiger partial charge in [0.15, 0.2) is 6.29 Å². The summed E-state index contributed by atoms with van der Waals surface area (Å²) in [6.07, 6.45) is 2.24. The molecule has 0 spiro atoms. The van der Waals surface area contributed by atoms with Crippen LogP contribution in [0.5, 0.6) is 0 Å². The third-order valence-electron chi connectivity index (χ3n) is 3.20. The van der Waals surface area contributed by atoms with Crippen molar-refractivity contribution >= 4 is 33.1 Å². The number of nitrogens with zero attached hydrogens (tertiary/aromatic N) is 1. The molecule has 1 saturated heterocycles. The van der Waals surface area contributed by atoms with Crippen LogP contribution in [0.25, 0.3) is 10.9 Å². The van der Waals surface area contributed by atoms with Crippen molar-refractivity contribution in [3.8, 4) is 0 Å². The van der Waals surface area contributed by atoms with E-state index in [0.717, 1.165) is 41.2 Å². The number of aldehydes is 1. The Kier molecular flexibility index (Phi) is 2.76. The van der Waals surface area contributed by atoms with Crippen molar-refractivity contribution in [1.29, 1.82) is 0 Å². The van der Waals surface area contributed by atoms with Gasteiger partial charge in [0.2, 0.25) is 0 Å². The first kappa shape index (κ1) is 11.0. The van der Waals surface area contributed by atoms with Gasteiger partial charge in [-0.3, -0.25) is 4.79 Å². The normalized spacial score (nSPS) is 19.2. The van der Waals surface area contributed by atoms with Crippen LogP contribution in [0, 0.1) is 0 Å². The van der Waals surface area contributed by atoms with Gasteiger partial charge >= 0.3 is 0 Å². The molecule has 2 aromatic rings. The monoisotopic (exact) mass is 293 g/mol. The van der Waals surface area contributed by atoms with Crippen LogP contribution in [0.15, 0.2) is 28.7 Å². The van der Waals surface area contributed by atoms with Crippen molar-refractivity contribution in [2.24, 2.45) is 0 Å². The first-order valence-electron chi connectivity index (χ1n) is 5.63. The van der Waals surface area contributed by atoms with E-state index < -0.39 is 0 Å². The van der Waals surface area contributed by atoms with Gasteiger partial charge in [-0.05, 0) is 24.6 Å². The van der Waals surface area contributed by atoms with Crippen molar-refractivity contribution in [3.63, 3.8) is 0 Å². The summed E-state index contributed by atoms with van der Waals surface area (Å²) in [6, 6.07) is 7.97. The molecule has 1 aliphatic heterocycles. The molecule has 4 heteroatoms. The number of hydrogen-bond acceptors (Lipinski definition) is 2. The number of benzene rings is 1. The quantitative estimate of drug-likeness (QED) is 0.815. The fourth-order valence-electron chi connectivity index (χ4n) is 2.18. The first-order valence-corrected chi connectivity index (χ1v) is 6.43. The second kappa shape index (κ2) is 4.27. The van der Waals surface area contributed by atoms with Crippen molar-refractivity contribution < 1.29 is 9.53 Å². The molecule has 88 valence electrons. The Labute approximate surface area is 107 Å². The van der Waals surface area contributed by atoms with Crippen LogP contribution in [0.2, 0.25) is 0 Å². The smallest absolute Gasteiger partial charge is 0.166 e. The van der Waals surface area contributed by atoms with Crippen LogP contribution < -0.4 is 0 Å². The van der Waals surface area contributed by atoms with E-state index in [0.29, 0.717) is 5.69 Å². The van der Waals surface area contributed by atoms with E-state index in [9.17, 15) is 4.79 Å². The molecule has 17 heavy (non-hydrogen) atoms. The lowest BCUT2D eigenvalue weighted by Gasteiger charge is -2.27. The van der Waals surface area contributed by atoms with Crippen molar-refractivity contribution in [3.05, 3.63) is 34.4 Å². The predicted molar refractivity (Wildman–Crippen MR) is 69.4 cm³/mol. The molecule has 1 aliphatic rings. The second-order valence-corrected chi connectivity index (χ2v) is 5.20. The minimum absolute atomic E-state index is 0.253. The molecule has 0 aliphatic carbocycles. The third-order valence-corrected chi connectivity index (χ3v) is 3.69. The fraction of sp³-hybridized carbons (Fsp3) is 0.308. The van der Waals surface area contributed by atoms with E-state index in [1.165, 1.54) is 0 Å². The lowest BCUT2D eigenvalue weighted by molar-refractivity contribution is -0.0587. The zero-order valence-corrected chi connectivity index (χ0v) is 10.8. The molecule has 1 fully saturated rings. The molecule has 0 saturated carbocycles. The Hall–Kier alpha value is -1.13. The SMILES string of the molecule is O=Cc1cc2ccc(Br)cc2n1CC1CCO1. The number of rotatable bonds is 3. The number of aromatic nitrogens is 1. The Morgan fingerprint density at radius 1 is 1.47 bits per heavy atom. The van der Waals surface area contributed by atoms with Crippen LogP contribution in [0.4, 0.5) is 0 Å². The summed E-state index contributed by atoms with van der Waals surface area (Å²) >= 11 is 3.46. The molecule has 0 bridgehead atoms. The number of carbonyl (C=O) groups excluding carboxylic acids is 1. The third kappa shape index (κ3) is 1.91. The van der Waals surface area contributed by atoms with Gasteiger partial charge in [0.1, 0.15) is 0 Å². The lowest BCUT2D eigenvalue weighted by atomic mass is 10.2. The summed E-state index contributed by atoms with van der Waals surface area (Å²) < 4.78 is 8.50. The Morgan fingerprint density at radius 2 is 2.29 bits per heavy atom. The van der Waals surface area contributed by atoms with Gasteiger partial charge < -0.3 is 9.30 Å². The van der Waals surface area contributed by atoms with Gasteiger partial charge in [-0.1, -0.05) is 22.0 Å². The van der Waals surface area contributed by atoms with Gasteiger partial charge in [-0.2, -0.15) is 0 Å². The van der Waals surface area contributed by atoms with Crippen molar-refractivity contribution in [2.45, 2.75) is 19.1 Å². The molecular formula is C13H12BrNO2. The molecule has 3 rings (SSSR count). The molecular weight excluding hydrogens is 282 g/mol. The zero-order valence-electron chi connectivity index (χ0n) is 9.23. The Balaban J connectivity index is 2.10. The minimum atomic E-state index is 0.253. The summed E-state index contributed by atoms with van der Waals surface area (Å²) in [5, 5.41) is 1.09. The molecule has 1 unspecified atom stereocenters. The van der Waals surface area contributed by atoms with Gasteiger partial charge in [-0.15, -0.1) is 0 Å². The van der Waals surface area contributed by atoms with Gasteiger partial charge in [0, 0.05) is 28.5 Å². The van der Waals surface area contributed by atoms with Crippen LogP contribution in [-0.4, -0.2) is 23.6 Å². The highest BCUT2D eigenvalue weighted by Crippen LogP contribution is 2.25. The summed E-state index contributed by atoms with van der Waals surface area (Å²) in [4.78, 5) is 11.1. The summed E-state index contributed by atoms with van der Waals surface area (Å²) in [7, 11) is 0. The van der Waals surface area contributed by atoms with E-state index in [1.54, 1.807) is 0 Å². The standard InChI is InChI=1S/C13H12BrNO2/c14-10-2-1-9-5-11(8-16)15(13(9)6-10)7-12-3-4-17-12/h1-2,5-6,8,12H,3-4,7H2.